The molecule has 0 fully saturated rings. The van der Waals surface area contributed by atoms with E-state index in [4.69, 9.17) is 0 Å². The number of anilines is 1. The maximum Gasteiger partial charge on any atom is 0.224 e. The van der Waals surface area contributed by atoms with Crippen molar-refractivity contribution in [3.05, 3.63) is 65.2 Å². The first-order valence-corrected chi connectivity index (χ1v) is 9.35. The molecule has 1 amide bonds. The Bertz CT molecular complexity index is 645. The maximum atomic E-state index is 12.6. The van der Waals surface area contributed by atoms with E-state index >= 15 is 0 Å². The third-order valence-corrected chi connectivity index (χ3v) is 4.59. The van der Waals surface area contributed by atoms with E-state index in [1.165, 1.54) is 22.4 Å². The van der Waals surface area contributed by atoms with Gasteiger partial charge in [0.1, 0.15) is 0 Å². The lowest BCUT2D eigenvalue weighted by molar-refractivity contribution is -0.131. The SMILES string of the molecule is CCc1cccc(CC)c1NCCC(=O)N(CC)Cc1ccccc1. The summed E-state index contributed by atoms with van der Waals surface area (Å²) in [4.78, 5) is 14.5. The van der Waals surface area contributed by atoms with Gasteiger partial charge in [0.25, 0.3) is 0 Å². The molecule has 0 atom stereocenters. The van der Waals surface area contributed by atoms with Gasteiger partial charge >= 0.3 is 0 Å². The number of carbonyl (C=O) groups excluding carboxylic acids is 1. The molecule has 1 N–H and O–H groups in total. The van der Waals surface area contributed by atoms with E-state index in [2.05, 4.69) is 49.5 Å². The number of carbonyl (C=O) groups is 1. The minimum Gasteiger partial charge on any atom is -0.384 e. The van der Waals surface area contributed by atoms with Crippen molar-refractivity contribution in [3.63, 3.8) is 0 Å². The van der Waals surface area contributed by atoms with Gasteiger partial charge in [-0.2, -0.15) is 0 Å². The molecule has 134 valence electrons. The zero-order valence-electron chi connectivity index (χ0n) is 15.7. The van der Waals surface area contributed by atoms with Crippen molar-refractivity contribution < 1.29 is 4.79 Å². The van der Waals surface area contributed by atoms with Crippen molar-refractivity contribution in [2.24, 2.45) is 0 Å². The molecule has 0 spiro atoms. The van der Waals surface area contributed by atoms with Crippen LogP contribution in [-0.2, 0) is 24.2 Å². The number of amides is 1. The fraction of sp³-hybridized carbons (Fsp3) is 0.409. The fourth-order valence-electron chi connectivity index (χ4n) is 3.10. The number of benzene rings is 2. The Balaban J connectivity index is 1.93. The number of para-hydroxylation sites is 1. The van der Waals surface area contributed by atoms with E-state index in [-0.39, 0.29) is 5.91 Å². The minimum absolute atomic E-state index is 0.200. The second-order valence-corrected chi connectivity index (χ2v) is 6.23. The molecule has 0 radical (unpaired) electrons. The number of nitrogens with zero attached hydrogens (tertiary/aromatic N) is 1. The van der Waals surface area contributed by atoms with Crippen LogP contribution >= 0.6 is 0 Å². The third kappa shape index (κ3) is 5.35. The van der Waals surface area contributed by atoms with Gasteiger partial charge in [0, 0.05) is 31.7 Å². The van der Waals surface area contributed by atoms with Gasteiger partial charge in [-0.1, -0.05) is 62.4 Å². The summed E-state index contributed by atoms with van der Waals surface area (Å²) in [7, 11) is 0. The molecule has 0 unspecified atom stereocenters. The normalized spacial score (nSPS) is 10.5. The standard InChI is InChI=1S/C22H30N2O/c1-4-19-13-10-14-20(5-2)22(19)23-16-15-21(25)24(6-3)17-18-11-8-7-9-12-18/h7-14,23H,4-6,15-17H2,1-3H3. The minimum atomic E-state index is 0.200. The Morgan fingerprint density at radius 3 is 2.12 bits per heavy atom. The van der Waals surface area contributed by atoms with E-state index in [1.807, 2.05) is 30.0 Å². The molecule has 0 aliphatic heterocycles. The topological polar surface area (TPSA) is 32.3 Å². The Morgan fingerprint density at radius 2 is 1.56 bits per heavy atom. The molecule has 0 aliphatic rings. The van der Waals surface area contributed by atoms with Gasteiger partial charge in [0.2, 0.25) is 5.91 Å². The highest BCUT2D eigenvalue weighted by molar-refractivity contribution is 5.77. The zero-order valence-corrected chi connectivity index (χ0v) is 15.7. The molecule has 2 rings (SSSR count). The molecule has 0 aliphatic carbocycles. The van der Waals surface area contributed by atoms with Crippen molar-refractivity contribution >= 4 is 11.6 Å². The predicted molar refractivity (Wildman–Crippen MR) is 106 cm³/mol. The maximum absolute atomic E-state index is 12.6. The first kappa shape index (κ1) is 19.0. The van der Waals surface area contributed by atoms with Crippen LogP contribution in [0.25, 0.3) is 0 Å². The molecular weight excluding hydrogens is 308 g/mol. The van der Waals surface area contributed by atoms with Crippen LogP contribution in [0.3, 0.4) is 0 Å². The molecule has 0 heterocycles. The summed E-state index contributed by atoms with van der Waals surface area (Å²) >= 11 is 0. The molecule has 0 bridgehead atoms. The highest BCUT2D eigenvalue weighted by Crippen LogP contribution is 2.22. The van der Waals surface area contributed by atoms with E-state index in [1.54, 1.807) is 0 Å². The first-order chi connectivity index (χ1) is 12.2. The van der Waals surface area contributed by atoms with Gasteiger partial charge in [-0.15, -0.1) is 0 Å². The van der Waals surface area contributed by atoms with Gasteiger partial charge in [0.15, 0.2) is 0 Å². The molecule has 2 aromatic carbocycles. The lowest BCUT2D eigenvalue weighted by Crippen LogP contribution is -2.31. The summed E-state index contributed by atoms with van der Waals surface area (Å²) in [6.07, 6.45) is 2.51. The number of nitrogens with one attached hydrogen (secondary N) is 1. The third-order valence-electron chi connectivity index (χ3n) is 4.59. The average Bonchev–Trinajstić information content (AvgIpc) is 2.66. The van der Waals surface area contributed by atoms with Gasteiger partial charge < -0.3 is 10.2 Å². The summed E-state index contributed by atoms with van der Waals surface area (Å²) in [5, 5.41) is 3.51. The van der Waals surface area contributed by atoms with Crippen LogP contribution in [0.1, 0.15) is 43.9 Å². The van der Waals surface area contributed by atoms with Crippen LogP contribution in [-0.4, -0.2) is 23.9 Å². The van der Waals surface area contributed by atoms with Gasteiger partial charge in [0.05, 0.1) is 0 Å². The first-order valence-electron chi connectivity index (χ1n) is 9.35. The number of aryl methyl sites for hydroxylation is 2. The molecule has 25 heavy (non-hydrogen) atoms. The predicted octanol–water partition coefficient (Wildman–Crippen LogP) is 4.66. The average molecular weight is 338 g/mol. The van der Waals surface area contributed by atoms with Gasteiger partial charge in [-0.25, -0.2) is 0 Å². The molecule has 0 saturated carbocycles. The summed E-state index contributed by atoms with van der Waals surface area (Å²) in [6, 6.07) is 16.6. The summed E-state index contributed by atoms with van der Waals surface area (Å²) in [6.45, 7) is 8.47. The van der Waals surface area contributed by atoms with Crippen LogP contribution in [0.2, 0.25) is 0 Å². The highest BCUT2D eigenvalue weighted by atomic mass is 16.2. The van der Waals surface area contributed by atoms with Crippen molar-refractivity contribution in [1.82, 2.24) is 4.90 Å². The number of rotatable bonds is 9. The molecule has 0 saturated heterocycles. The smallest absolute Gasteiger partial charge is 0.224 e. The van der Waals surface area contributed by atoms with Crippen molar-refractivity contribution in [1.29, 1.82) is 0 Å². The van der Waals surface area contributed by atoms with Crippen molar-refractivity contribution in [2.75, 3.05) is 18.4 Å². The second-order valence-electron chi connectivity index (χ2n) is 6.23. The van der Waals surface area contributed by atoms with E-state index in [9.17, 15) is 4.79 Å². The number of hydrogen-bond acceptors (Lipinski definition) is 2. The van der Waals surface area contributed by atoms with E-state index in [0.29, 0.717) is 19.5 Å². The Labute approximate surface area is 152 Å². The number of hydrogen-bond donors (Lipinski definition) is 1. The van der Waals surface area contributed by atoms with Crippen LogP contribution in [0.4, 0.5) is 5.69 Å². The summed E-state index contributed by atoms with van der Waals surface area (Å²) in [5.74, 6) is 0.200. The molecule has 0 aromatic heterocycles. The van der Waals surface area contributed by atoms with Crippen LogP contribution < -0.4 is 5.32 Å². The molecule has 3 heteroatoms. The Kier molecular flexibility index (Phi) is 7.52. The summed E-state index contributed by atoms with van der Waals surface area (Å²) in [5.41, 5.74) is 5.04. The molecule has 3 nitrogen and oxygen atoms in total. The largest absolute Gasteiger partial charge is 0.384 e. The quantitative estimate of drug-likeness (QED) is 0.721. The lowest BCUT2D eigenvalue weighted by Gasteiger charge is -2.22. The Hall–Kier alpha value is -2.29. The monoisotopic (exact) mass is 338 g/mol. The van der Waals surface area contributed by atoms with E-state index < -0.39 is 0 Å². The van der Waals surface area contributed by atoms with Crippen molar-refractivity contribution in [3.8, 4) is 0 Å². The molecule has 2 aromatic rings. The lowest BCUT2D eigenvalue weighted by atomic mass is 10.0. The van der Waals surface area contributed by atoms with Gasteiger partial charge in [-0.05, 0) is 36.5 Å². The second kappa shape index (κ2) is 9.87. The van der Waals surface area contributed by atoms with Crippen LogP contribution in [0.15, 0.2) is 48.5 Å². The van der Waals surface area contributed by atoms with Crippen molar-refractivity contribution in [2.45, 2.75) is 46.6 Å². The fourth-order valence-corrected chi connectivity index (χ4v) is 3.10. The van der Waals surface area contributed by atoms with Crippen LogP contribution in [0.5, 0.6) is 0 Å². The van der Waals surface area contributed by atoms with E-state index in [0.717, 1.165) is 19.4 Å². The van der Waals surface area contributed by atoms with Gasteiger partial charge in [-0.3, -0.25) is 4.79 Å². The zero-order chi connectivity index (χ0) is 18.1. The van der Waals surface area contributed by atoms with Crippen LogP contribution in [0, 0.1) is 0 Å². The molecular formula is C22H30N2O. The Morgan fingerprint density at radius 1 is 0.920 bits per heavy atom. The highest BCUT2D eigenvalue weighted by Gasteiger charge is 2.12. The summed E-state index contributed by atoms with van der Waals surface area (Å²) < 4.78 is 0.